The van der Waals surface area contributed by atoms with Crippen molar-refractivity contribution in [1.82, 2.24) is 10.6 Å². The van der Waals surface area contributed by atoms with E-state index >= 15 is 0 Å². The molecule has 1 heterocycles. The summed E-state index contributed by atoms with van der Waals surface area (Å²) in [6, 6.07) is 0.768. The highest BCUT2D eigenvalue weighted by Gasteiger charge is 2.33. The van der Waals surface area contributed by atoms with E-state index in [1.807, 2.05) is 20.8 Å². The van der Waals surface area contributed by atoms with Gasteiger partial charge in [0.05, 0.1) is 6.61 Å². The Bertz CT molecular complexity index is 318. The quantitative estimate of drug-likeness (QED) is 0.811. The van der Waals surface area contributed by atoms with Crippen molar-refractivity contribution in [2.24, 2.45) is 5.92 Å². The van der Waals surface area contributed by atoms with E-state index in [0.29, 0.717) is 24.5 Å². The average molecular weight is 284 g/mol. The number of rotatable bonds is 5. The minimum atomic E-state index is -0.441. The molecule has 1 amide bonds. The van der Waals surface area contributed by atoms with Crippen molar-refractivity contribution in [3.05, 3.63) is 0 Å². The maximum atomic E-state index is 11.7. The Balaban J connectivity index is 1.73. The third-order valence-electron chi connectivity index (χ3n) is 3.67. The smallest absolute Gasteiger partial charge is 0.407 e. The zero-order valence-electron chi connectivity index (χ0n) is 12.9. The zero-order valence-corrected chi connectivity index (χ0v) is 12.9. The Morgan fingerprint density at radius 1 is 1.35 bits per heavy atom. The fourth-order valence-corrected chi connectivity index (χ4v) is 2.54. The van der Waals surface area contributed by atoms with E-state index in [9.17, 15) is 4.79 Å². The summed E-state index contributed by atoms with van der Waals surface area (Å²) >= 11 is 0. The van der Waals surface area contributed by atoms with Crippen molar-refractivity contribution in [2.45, 2.75) is 64.1 Å². The third-order valence-corrected chi connectivity index (χ3v) is 3.67. The molecule has 116 valence electrons. The molecule has 2 rings (SSSR count). The minimum Gasteiger partial charge on any atom is -0.444 e. The summed E-state index contributed by atoms with van der Waals surface area (Å²) in [5.74, 6) is 0.687. The predicted molar refractivity (Wildman–Crippen MR) is 77.7 cm³/mol. The Morgan fingerprint density at radius 3 is 2.65 bits per heavy atom. The van der Waals surface area contributed by atoms with Gasteiger partial charge >= 0.3 is 6.09 Å². The molecule has 1 saturated carbocycles. The highest BCUT2D eigenvalue weighted by Crippen LogP contribution is 2.33. The summed E-state index contributed by atoms with van der Waals surface area (Å²) in [6.45, 7) is 7.93. The van der Waals surface area contributed by atoms with Crippen LogP contribution in [0.1, 0.15) is 46.5 Å². The van der Waals surface area contributed by atoms with E-state index in [1.165, 1.54) is 12.8 Å². The highest BCUT2D eigenvalue weighted by molar-refractivity contribution is 5.67. The molecule has 1 aliphatic heterocycles. The van der Waals surface area contributed by atoms with Gasteiger partial charge in [0.25, 0.3) is 0 Å². The van der Waals surface area contributed by atoms with E-state index in [2.05, 4.69) is 10.6 Å². The van der Waals surface area contributed by atoms with Gasteiger partial charge in [-0.15, -0.1) is 0 Å². The van der Waals surface area contributed by atoms with Gasteiger partial charge in [-0.05, 0) is 52.4 Å². The van der Waals surface area contributed by atoms with Crippen molar-refractivity contribution in [3.63, 3.8) is 0 Å². The second kappa shape index (κ2) is 6.76. The van der Waals surface area contributed by atoms with Crippen LogP contribution in [0.3, 0.4) is 0 Å². The molecule has 0 spiro atoms. The number of alkyl carbamates (subject to hydrolysis) is 1. The predicted octanol–water partition coefficient (Wildman–Crippen LogP) is 2.06. The van der Waals surface area contributed by atoms with Gasteiger partial charge in [-0.2, -0.15) is 0 Å². The number of carbonyl (C=O) groups excluding carboxylic acids is 1. The number of hydrogen-bond acceptors (Lipinski definition) is 4. The van der Waals surface area contributed by atoms with Gasteiger partial charge in [-0.3, -0.25) is 0 Å². The van der Waals surface area contributed by atoms with E-state index in [0.717, 1.165) is 26.1 Å². The Kier molecular flexibility index (Phi) is 5.27. The molecular weight excluding hydrogens is 256 g/mol. The summed E-state index contributed by atoms with van der Waals surface area (Å²) in [6.07, 6.45) is 4.46. The Labute approximate surface area is 121 Å². The molecule has 0 aromatic heterocycles. The lowest BCUT2D eigenvalue weighted by molar-refractivity contribution is 0.0503. The summed E-state index contributed by atoms with van der Waals surface area (Å²) in [5.41, 5.74) is -0.441. The van der Waals surface area contributed by atoms with Crippen LogP contribution in [-0.2, 0) is 9.47 Å². The molecule has 5 heteroatoms. The fourth-order valence-electron chi connectivity index (χ4n) is 2.54. The van der Waals surface area contributed by atoms with Crippen molar-refractivity contribution >= 4 is 6.09 Å². The van der Waals surface area contributed by atoms with E-state index in [-0.39, 0.29) is 6.09 Å². The maximum Gasteiger partial charge on any atom is 0.407 e. The number of nitrogens with one attached hydrogen (secondary N) is 2. The number of amides is 1. The lowest BCUT2D eigenvalue weighted by Crippen LogP contribution is -2.49. The normalized spacial score (nSPS) is 25.1. The number of hydrogen-bond donors (Lipinski definition) is 2. The first-order valence-corrected chi connectivity index (χ1v) is 7.75. The summed E-state index contributed by atoms with van der Waals surface area (Å²) < 4.78 is 10.8. The van der Waals surface area contributed by atoms with Crippen LogP contribution in [0.4, 0.5) is 4.79 Å². The van der Waals surface area contributed by atoms with Gasteiger partial charge in [0.1, 0.15) is 5.60 Å². The maximum absolute atomic E-state index is 11.7. The molecule has 2 N–H and O–H groups in total. The van der Waals surface area contributed by atoms with Crippen LogP contribution < -0.4 is 10.6 Å². The van der Waals surface area contributed by atoms with Gasteiger partial charge in [-0.1, -0.05) is 0 Å². The number of ether oxygens (including phenoxy) is 2. The Hall–Kier alpha value is -0.810. The summed E-state index contributed by atoms with van der Waals surface area (Å²) in [7, 11) is 0. The van der Waals surface area contributed by atoms with Crippen molar-refractivity contribution in [1.29, 1.82) is 0 Å². The highest BCUT2D eigenvalue weighted by atomic mass is 16.6. The fraction of sp³-hybridized carbons (Fsp3) is 0.933. The third kappa shape index (κ3) is 5.67. The van der Waals surface area contributed by atoms with Crippen LogP contribution in [0, 0.1) is 5.92 Å². The lowest BCUT2D eigenvalue weighted by atomic mass is 10.1. The molecule has 0 bridgehead atoms. The van der Waals surface area contributed by atoms with Gasteiger partial charge < -0.3 is 20.1 Å². The van der Waals surface area contributed by atoms with E-state index in [4.69, 9.17) is 9.47 Å². The van der Waals surface area contributed by atoms with Crippen molar-refractivity contribution in [3.8, 4) is 0 Å². The summed E-state index contributed by atoms with van der Waals surface area (Å²) in [4.78, 5) is 11.7. The second-order valence-corrected chi connectivity index (χ2v) is 6.91. The van der Waals surface area contributed by atoms with Gasteiger partial charge in [0, 0.05) is 25.2 Å². The SMILES string of the molecule is CC(C)(C)OC(=O)NCC(NC1CCCOC1)C1CC1. The van der Waals surface area contributed by atoms with Crippen LogP contribution in [0.15, 0.2) is 0 Å². The molecule has 0 aromatic carbocycles. The molecule has 2 fully saturated rings. The van der Waals surface area contributed by atoms with Crippen molar-refractivity contribution < 1.29 is 14.3 Å². The van der Waals surface area contributed by atoms with Crippen LogP contribution in [0.25, 0.3) is 0 Å². The first kappa shape index (κ1) is 15.6. The van der Waals surface area contributed by atoms with E-state index < -0.39 is 5.60 Å². The van der Waals surface area contributed by atoms with Crippen LogP contribution in [0.2, 0.25) is 0 Å². The van der Waals surface area contributed by atoms with Crippen LogP contribution in [-0.4, -0.2) is 43.5 Å². The first-order valence-electron chi connectivity index (χ1n) is 7.75. The molecule has 0 aromatic rings. The molecule has 1 aliphatic carbocycles. The first-order chi connectivity index (χ1) is 9.44. The monoisotopic (exact) mass is 284 g/mol. The molecule has 5 nitrogen and oxygen atoms in total. The van der Waals surface area contributed by atoms with Crippen LogP contribution in [0.5, 0.6) is 0 Å². The molecule has 2 aliphatic rings. The summed E-state index contributed by atoms with van der Waals surface area (Å²) in [5, 5.41) is 6.53. The van der Waals surface area contributed by atoms with E-state index in [1.54, 1.807) is 0 Å². The average Bonchev–Trinajstić information content (AvgIpc) is 3.18. The topological polar surface area (TPSA) is 59.6 Å². The van der Waals surface area contributed by atoms with Gasteiger partial charge in [0.2, 0.25) is 0 Å². The van der Waals surface area contributed by atoms with Crippen molar-refractivity contribution in [2.75, 3.05) is 19.8 Å². The Morgan fingerprint density at radius 2 is 2.10 bits per heavy atom. The van der Waals surface area contributed by atoms with Gasteiger partial charge in [0.15, 0.2) is 0 Å². The largest absolute Gasteiger partial charge is 0.444 e. The minimum absolute atomic E-state index is 0.329. The molecule has 2 atom stereocenters. The zero-order chi connectivity index (χ0) is 14.6. The standard InChI is InChI=1S/C15H28N2O3/c1-15(2,3)20-14(18)16-9-13(11-6-7-11)17-12-5-4-8-19-10-12/h11-13,17H,4-10H2,1-3H3,(H,16,18). The van der Waals surface area contributed by atoms with Crippen LogP contribution >= 0.6 is 0 Å². The molecule has 20 heavy (non-hydrogen) atoms. The molecule has 2 unspecified atom stereocenters. The number of carbonyl (C=O) groups is 1. The molecule has 1 saturated heterocycles. The molecular formula is C15H28N2O3. The lowest BCUT2D eigenvalue weighted by Gasteiger charge is -2.29. The second-order valence-electron chi connectivity index (χ2n) is 6.91. The van der Waals surface area contributed by atoms with Gasteiger partial charge in [-0.25, -0.2) is 4.79 Å². The molecule has 0 radical (unpaired) electrons.